The van der Waals surface area contributed by atoms with Crippen LogP contribution in [-0.2, 0) is 19.4 Å². The lowest BCUT2D eigenvalue weighted by molar-refractivity contribution is -0.139. The molecule has 25 heavy (non-hydrogen) atoms. The van der Waals surface area contributed by atoms with E-state index in [1.165, 1.54) is 31.4 Å². The Hall–Kier alpha value is -1.93. The second-order valence-corrected chi connectivity index (χ2v) is 8.32. The number of aliphatic carboxylic acids is 1. The Morgan fingerprint density at radius 1 is 1.24 bits per heavy atom. The summed E-state index contributed by atoms with van der Waals surface area (Å²) in [6.45, 7) is 3.53. The monoisotopic (exact) mass is 371 g/mol. The molecule has 7 nitrogen and oxygen atoms in total. The Morgan fingerprint density at radius 3 is 2.32 bits per heavy atom. The van der Waals surface area contributed by atoms with Crippen LogP contribution in [0.2, 0.25) is 0 Å². The fourth-order valence-corrected chi connectivity index (χ4v) is 3.85. The van der Waals surface area contributed by atoms with E-state index in [1.54, 1.807) is 6.92 Å². The zero-order valence-corrected chi connectivity index (χ0v) is 15.6. The number of hydrogen-bond donors (Lipinski definition) is 2. The van der Waals surface area contributed by atoms with E-state index in [0.717, 1.165) is 6.42 Å². The molecule has 0 heterocycles. The van der Waals surface area contributed by atoms with Crippen LogP contribution >= 0.6 is 0 Å². The minimum atomic E-state index is -3.35. The fraction of sp³-hybridized carbons (Fsp3) is 0.529. The third kappa shape index (κ3) is 6.47. The van der Waals surface area contributed by atoms with Crippen LogP contribution in [0.15, 0.2) is 29.2 Å². The smallest absolute Gasteiger partial charge is 0.305 e. The summed E-state index contributed by atoms with van der Waals surface area (Å²) in [5, 5.41) is 11.6. The lowest BCUT2D eigenvalue weighted by Crippen LogP contribution is -2.50. The highest BCUT2D eigenvalue weighted by Gasteiger charge is 2.30. The number of rotatable bonds is 10. The number of amides is 1. The molecule has 0 saturated carbocycles. The molecule has 0 fully saturated rings. The minimum Gasteiger partial charge on any atom is -0.481 e. The van der Waals surface area contributed by atoms with E-state index in [1.807, 2.05) is 6.92 Å². The van der Waals surface area contributed by atoms with Crippen molar-refractivity contribution in [2.75, 3.05) is 19.5 Å². The molecule has 0 aliphatic carbocycles. The highest BCUT2D eigenvalue weighted by molar-refractivity contribution is 7.91. The molecule has 0 bridgehead atoms. The molecule has 0 radical (unpaired) electrons. The van der Waals surface area contributed by atoms with Gasteiger partial charge in [-0.3, -0.25) is 9.59 Å². The first-order valence-electron chi connectivity index (χ1n) is 7.99. The van der Waals surface area contributed by atoms with Gasteiger partial charge in [0.2, 0.25) is 0 Å². The maximum absolute atomic E-state index is 12.3. The van der Waals surface area contributed by atoms with Gasteiger partial charge in [0.05, 0.1) is 29.2 Å². The van der Waals surface area contributed by atoms with Crippen molar-refractivity contribution in [2.24, 2.45) is 0 Å². The van der Waals surface area contributed by atoms with Crippen molar-refractivity contribution in [3.05, 3.63) is 29.8 Å². The van der Waals surface area contributed by atoms with Gasteiger partial charge in [-0.1, -0.05) is 13.3 Å². The molecule has 1 aromatic carbocycles. The van der Waals surface area contributed by atoms with E-state index in [4.69, 9.17) is 9.84 Å². The van der Waals surface area contributed by atoms with Gasteiger partial charge in [-0.05, 0) is 37.6 Å². The van der Waals surface area contributed by atoms with Gasteiger partial charge in [0.15, 0.2) is 9.84 Å². The second-order valence-electron chi connectivity index (χ2n) is 6.22. The van der Waals surface area contributed by atoms with Crippen molar-refractivity contribution >= 4 is 21.7 Å². The average molecular weight is 371 g/mol. The van der Waals surface area contributed by atoms with E-state index in [2.05, 4.69) is 5.32 Å². The summed E-state index contributed by atoms with van der Waals surface area (Å²) in [4.78, 5) is 23.5. The van der Waals surface area contributed by atoms with Crippen molar-refractivity contribution in [3.63, 3.8) is 0 Å². The zero-order valence-electron chi connectivity index (χ0n) is 14.7. The lowest BCUT2D eigenvalue weighted by Gasteiger charge is -2.28. The maximum Gasteiger partial charge on any atom is 0.305 e. The number of hydrogen-bond acceptors (Lipinski definition) is 5. The van der Waals surface area contributed by atoms with Gasteiger partial charge in [0, 0.05) is 12.7 Å². The van der Waals surface area contributed by atoms with Gasteiger partial charge < -0.3 is 15.2 Å². The topological polar surface area (TPSA) is 110 Å². The van der Waals surface area contributed by atoms with E-state index in [-0.39, 0.29) is 29.2 Å². The third-order valence-electron chi connectivity index (χ3n) is 3.66. The van der Waals surface area contributed by atoms with Gasteiger partial charge in [-0.25, -0.2) is 8.42 Å². The molecular weight excluding hydrogens is 346 g/mol. The van der Waals surface area contributed by atoms with E-state index in [9.17, 15) is 18.0 Å². The lowest BCUT2D eigenvalue weighted by atomic mass is 9.98. The summed E-state index contributed by atoms with van der Waals surface area (Å²) in [7, 11) is -1.94. The number of nitrogens with one attached hydrogen (secondary N) is 1. The van der Waals surface area contributed by atoms with Gasteiger partial charge in [0.1, 0.15) is 0 Å². The number of sulfone groups is 1. The molecule has 2 N–H and O–H groups in total. The Bertz CT molecular complexity index is 698. The van der Waals surface area contributed by atoms with Crippen molar-refractivity contribution in [1.29, 1.82) is 0 Å². The Labute approximate surface area is 148 Å². The molecule has 1 rings (SSSR count). The van der Waals surface area contributed by atoms with Crippen molar-refractivity contribution in [1.82, 2.24) is 5.32 Å². The molecule has 1 unspecified atom stereocenters. The van der Waals surface area contributed by atoms with Crippen molar-refractivity contribution in [3.8, 4) is 0 Å². The van der Waals surface area contributed by atoms with Crippen LogP contribution in [0.5, 0.6) is 0 Å². The Balaban J connectivity index is 2.91. The first-order chi connectivity index (χ1) is 11.6. The van der Waals surface area contributed by atoms with E-state index >= 15 is 0 Å². The first kappa shape index (κ1) is 21.1. The predicted octanol–water partition coefficient (Wildman–Crippen LogP) is 1.87. The number of carboxylic acid groups (broad SMARTS) is 1. The van der Waals surface area contributed by atoms with Crippen LogP contribution in [0.25, 0.3) is 0 Å². The summed E-state index contributed by atoms with van der Waals surface area (Å²) in [5.41, 5.74) is -0.814. The maximum atomic E-state index is 12.3. The van der Waals surface area contributed by atoms with Crippen LogP contribution < -0.4 is 5.32 Å². The number of carbonyl (C=O) groups excluding carboxylic acids is 1. The third-order valence-corrected chi connectivity index (χ3v) is 5.48. The molecule has 0 saturated heterocycles. The highest BCUT2D eigenvalue weighted by Crippen LogP contribution is 2.16. The van der Waals surface area contributed by atoms with Gasteiger partial charge in [0.25, 0.3) is 5.91 Å². The molecule has 140 valence electrons. The quantitative estimate of drug-likeness (QED) is 0.650. The molecule has 0 aromatic heterocycles. The molecule has 0 spiro atoms. The predicted molar refractivity (Wildman–Crippen MR) is 93.4 cm³/mol. The second kappa shape index (κ2) is 8.96. The standard InChI is InChI=1S/C17H25NO6S/c1-4-5-10-25(22,23)14-8-6-13(7-9-14)16(21)18-17(2,12-24-3)11-15(19)20/h6-9H,4-5,10-12H2,1-3H3,(H,18,21)(H,19,20). The van der Waals surface area contributed by atoms with Crippen LogP contribution in [-0.4, -0.2) is 50.4 Å². The van der Waals surface area contributed by atoms with Crippen molar-refractivity contribution in [2.45, 2.75) is 43.5 Å². The Kier molecular flexibility index (Phi) is 7.57. The van der Waals surface area contributed by atoms with Gasteiger partial charge >= 0.3 is 5.97 Å². The normalized spacial score (nSPS) is 13.9. The molecule has 0 aliphatic rings. The number of unbranched alkanes of at least 4 members (excludes halogenated alkanes) is 1. The largest absolute Gasteiger partial charge is 0.481 e. The van der Waals surface area contributed by atoms with Crippen LogP contribution in [0.1, 0.15) is 43.5 Å². The molecular formula is C17H25NO6S. The molecule has 0 aliphatic heterocycles. The molecule has 1 aromatic rings. The number of benzene rings is 1. The SMILES string of the molecule is CCCCS(=O)(=O)c1ccc(C(=O)NC(C)(COC)CC(=O)O)cc1. The fourth-order valence-electron chi connectivity index (χ4n) is 2.40. The molecule has 8 heteroatoms. The summed E-state index contributed by atoms with van der Waals surface area (Å²) in [6.07, 6.45) is 1.06. The summed E-state index contributed by atoms with van der Waals surface area (Å²) in [5.74, 6) is -1.48. The number of methoxy groups -OCH3 is 1. The molecule has 1 atom stereocenters. The van der Waals surface area contributed by atoms with Gasteiger partial charge in [-0.2, -0.15) is 0 Å². The van der Waals surface area contributed by atoms with Crippen molar-refractivity contribution < 1.29 is 27.9 Å². The van der Waals surface area contributed by atoms with E-state index in [0.29, 0.717) is 6.42 Å². The number of carboxylic acids is 1. The average Bonchev–Trinajstić information content (AvgIpc) is 2.52. The van der Waals surface area contributed by atoms with E-state index < -0.39 is 27.3 Å². The Morgan fingerprint density at radius 2 is 1.84 bits per heavy atom. The summed E-state index contributed by atoms with van der Waals surface area (Å²) < 4.78 is 29.2. The molecule has 1 amide bonds. The number of ether oxygens (including phenoxy) is 1. The number of carbonyl (C=O) groups is 2. The van der Waals surface area contributed by atoms with Crippen LogP contribution in [0.3, 0.4) is 0 Å². The zero-order chi connectivity index (χ0) is 19.1. The minimum absolute atomic E-state index is 0.0362. The van der Waals surface area contributed by atoms with Crippen LogP contribution in [0, 0.1) is 0 Å². The first-order valence-corrected chi connectivity index (χ1v) is 9.65. The summed E-state index contributed by atoms with van der Waals surface area (Å²) in [6, 6.07) is 5.62. The van der Waals surface area contributed by atoms with Gasteiger partial charge in [-0.15, -0.1) is 0 Å². The highest BCUT2D eigenvalue weighted by atomic mass is 32.2. The summed E-state index contributed by atoms with van der Waals surface area (Å²) >= 11 is 0. The van der Waals surface area contributed by atoms with Crippen LogP contribution in [0.4, 0.5) is 0 Å².